The molecule has 0 heterocycles. The van der Waals surface area contributed by atoms with Gasteiger partial charge in [0.05, 0.1) is 0 Å². The molecule has 0 aliphatic rings. The lowest BCUT2D eigenvalue weighted by Crippen LogP contribution is -2.41. The molecule has 0 radical (unpaired) electrons. The van der Waals surface area contributed by atoms with E-state index in [0.29, 0.717) is 11.5 Å². The van der Waals surface area contributed by atoms with E-state index >= 15 is 0 Å². The Morgan fingerprint density at radius 1 is 0.812 bits per heavy atom. The second-order valence-electron chi connectivity index (χ2n) is 2.99. The van der Waals surface area contributed by atoms with Crippen LogP contribution in [0.4, 0.5) is 9.59 Å². The number of carbonyl (C=O) groups is 2. The number of hydrogen-bond acceptors (Lipinski definition) is 4. The first-order valence-electron chi connectivity index (χ1n) is 4.70. The van der Waals surface area contributed by atoms with Gasteiger partial charge in [0.15, 0.2) is 0 Å². The van der Waals surface area contributed by atoms with E-state index in [1.165, 1.54) is 0 Å². The highest BCUT2D eigenvalue weighted by Crippen LogP contribution is 1.96. The predicted octanol–water partition coefficient (Wildman–Crippen LogP) is 0.806. The number of nitrogens with zero attached hydrogens (tertiary/aromatic N) is 2. The summed E-state index contributed by atoms with van der Waals surface area (Å²) in [6.07, 6.45) is -2.13. The van der Waals surface area contributed by atoms with E-state index in [9.17, 15) is 9.59 Å². The standard InChI is InChI=1S/C8H16N2O4S2/c11-7(12)9(3-5-15)1-2-10(4-6-16)8(13)14/h15-16H,1-6H2,(H,11,12)(H,13,14). The van der Waals surface area contributed by atoms with Crippen molar-refractivity contribution in [2.75, 3.05) is 37.7 Å². The SMILES string of the molecule is O=C(O)N(CCS)CCN(CCS)C(=O)O. The number of rotatable bonds is 7. The zero-order valence-electron chi connectivity index (χ0n) is 8.74. The first-order chi connectivity index (χ1) is 7.52. The predicted molar refractivity (Wildman–Crippen MR) is 66.9 cm³/mol. The van der Waals surface area contributed by atoms with E-state index in [4.69, 9.17) is 10.2 Å². The molecule has 0 aliphatic carbocycles. The van der Waals surface area contributed by atoms with Crippen LogP contribution in [0.15, 0.2) is 0 Å². The molecule has 94 valence electrons. The molecule has 2 amide bonds. The maximum absolute atomic E-state index is 10.7. The van der Waals surface area contributed by atoms with E-state index in [-0.39, 0.29) is 26.2 Å². The Kier molecular flexibility index (Phi) is 8.00. The minimum Gasteiger partial charge on any atom is -0.465 e. The number of amides is 2. The van der Waals surface area contributed by atoms with Gasteiger partial charge in [0.25, 0.3) is 0 Å². The Hall–Kier alpha value is -0.760. The van der Waals surface area contributed by atoms with Gasteiger partial charge in [-0.3, -0.25) is 0 Å². The van der Waals surface area contributed by atoms with Crippen LogP contribution in [-0.4, -0.2) is 69.9 Å². The van der Waals surface area contributed by atoms with Crippen LogP contribution in [0.1, 0.15) is 0 Å². The Labute approximate surface area is 105 Å². The molecular weight excluding hydrogens is 252 g/mol. The lowest BCUT2D eigenvalue weighted by molar-refractivity contribution is 0.127. The van der Waals surface area contributed by atoms with E-state index in [1.54, 1.807) is 0 Å². The van der Waals surface area contributed by atoms with Crippen molar-refractivity contribution < 1.29 is 19.8 Å². The third-order valence-electron chi connectivity index (χ3n) is 1.92. The molecular formula is C8H16N2O4S2. The molecule has 0 atom stereocenters. The Morgan fingerprint density at radius 3 is 1.31 bits per heavy atom. The molecule has 0 fully saturated rings. The van der Waals surface area contributed by atoms with Crippen molar-refractivity contribution in [3.63, 3.8) is 0 Å². The summed E-state index contributed by atoms with van der Waals surface area (Å²) >= 11 is 7.87. The summed E-state index contributed by atoms with van der Waals surface area (Å²) in [5, 5.41) is 17.6. The van der Waals surface area contributed by atoms with Gasteiger partial charge in [0, 0.05) is 37.7 Å². The smallest absolute Gasteiger partial charge is 0.407 e. The van der Waals surface area contributed by atoms with Crippen LogP contribution in [-0.2, 0) is 0 Å². The molecule has 0 aromatic rings. The maximum atomic E-state index is 10.7. The second-order valence-corrected chi connectivity index (χ2v) is 3.88. The van der Waals surface area contributed by atoms with E-state index < -0.39 is 12.2 Å². The fraction of sp³-hybridized carbons (Fsp3) is 0.750. The van der Waals surface area contributed by atoms with Crippen LogP contribution >= 0.6 is 25.3 Å². The summed E-state index contributed by atoms with van der Waals surface area (Å²) in [5.41, 5.74) is 0. The molecule has 0 bridgehead atoms. The van der Waals surface area contributed by atoms with Crippen molar-refractivity contribution in [1.29, 1.82) is 0 Å². The third kappa shape index (κ3) is 5.96. The van der Waals surface area contributed by atoms with Crippen LogP contribution in [0, 0.1) is 0 Å². The van der Waals surface area contributed by atoms with Gasteiger partial charge >= 0.3 is 12.2 Å². The lowest BCUT2D eigenvalue weighted by Gasteiger charge is -2.23. The minimum atomic E-state index is -1.06. The second kappa shape index (κ2) is 8.40. The normalized spacial score (nSPS) is 9.88. The van der Waals surface area contributed by atoms with Crippen molar-refractivity contribution in [1.82, 2.24) is 9.80 Å². The molecule has 0 aromatic carbocycles. The zero-order chi connectivity index (χ0) is 12.6. The van der Waals surface area contributed by atoms with E-state index in [2.05, 4.69) is 25.3 Å². The molecule has 0 saturated carbocycles. The van der Waals surface area contributed by atoms with Gasteiger partial charge in [-0.25, -0.2) is 9.59 Å². The zero-order valence-corrected chi connectivity index (χ0v) is 10.5. The van der Waals surface area contributed by atoms with Gasteiger partial charge in [-0.2, -0.15) is 25.3 Å². The molecule has 0 unspecified atom stereocenters. The molecule has 0 spiro atoms. The van der Waals surface area contributed by atoms with Crippen LogP contribution in [0.25, 0.3) is 0 Å². The van der Waals surface area contributed by atoms with Crippen molar-refractivity contribution in [2.24, 2.45) is 0 Å². The average Bonchev–Trinajstić information content (AvgIpc) is 2.21. The van der Waals surface area contributed by atoms with Gasteiger partial charge in [-0.05, 0) is 0 Å². The number of hydrogen-bond donors (Lipinski definition) is 4. The summed E-state index contributed by atoms with van der Waals surface area (Å²) in [6, 6.07) is 0. The summed E-state index contributed by atoms with van der Waals surface area (Å²) in [4.78, 5) is 23.8. The molecule has 6 nitrogen and oxygen atoms in total. The van der Waals surface area contributed by atoms with Crippen LogP contribution in [0.5, 0.6) is 0 Å². The first-order valence-corrected chi connectivity index (χ1v) is 5.96. The van der Waals surface area contributed by atoms with Gasteiger partial charge in [-0.15, -0.1) is 0 Å². The summed E-state index contributed by atoms with van der Waals surface area (Å²) < 4.78 is 0. The van der Waals surface area contributed by atoms with Gasteiger partial charge < -0.3 is 20.0 Å². The third-order valence-corrected chi connectivity index (χ3v) is 2.32. The largest absolute Gasteiger partial charge is 0.465 e. The summed E-state index contributed by atoms with van der Waals surface area (Å²) in [5.74, 6) is 0.817. The number of thiol groups is 2. The monoisotopic (exact) mass is 268 g/mol. The van der Waals surface area contributed by atoms with Gasteiger partial charge in [0.1, 0.15) is 0 Å². The molecule has 0 saturated heterocycles. The fourth-order valence-electron chi connectivity index (χ4n) is 1.09. The maximum Gasteiger partial charge on any atom is 0.407 e. The van der Waals surface area contributed by atoms with E-state index in [0.717, 1.165) is 9.80 Å². The summed E-state index contributed by atoms with van der Waals surface area (Å²) in [7, 11) is 0. The topological polar surface area (TPSA) is 81.1 Å². The highest BCUT2D eigenvalue weighted by Gasteiger charge is 2.15. The molecule has 0 aromatic heterocycles. The minimum absolute atomic E-state index is 0.149. The molecule has 16 heavy (non-hydrogen) atoms. The van der Waals surface area contributed by atoms with Gasteiger partial charge in [0.2, 0.25) is 0 Å². The van der Waals surface area contributed by atoms with Crippen molar-refractivity contribution in [3.05, 3.63) is 0 Å². The Bertz CT molecular complexity index is 216. The molecule has 0 aliphatic heterocycles. The highest BCUT2D eigenvalue weighted by molar-refractivity contribution is 7.80. The first kappa shape index (κ1) is 15.2. The quantitative estimate of drug-likeness (QED) is 0.515. The van der Waals surface area contributed by atoms with Crippen molar-refractivity contribution >= 4 is 37.4 Å². The van der Waals surface area contributed by atoms with Crippen LogP contribution in [0.2, 0.25) is 0 Å². The van der Waals surface area contributed by atoms with Crippen LogP contribution < -0.4 is 0 Å². The Morgan fingerprint density at radius 2 is 1.12 bits per heavy atom. The average molecular weight is 268 g/mol. The fourth-order valence-corrected chi connectivity index (χ4v) is 1.57. The molecule has 8 heteroatoms. The number of carboxylic acid groups (broad SMARTS) is 2. The molecule has 2 N–H and O–H groups in total. The van der Waals surface area contributed by atoms with Crippen molar-refractivity contribution in [3.8, 4) is 0 Å². The lowest BCUT2D eigenvalue weighted by atomic mass is 10.4. The van der Waals surface area contributed by atoms with Crippen LogP contribution in [0.3, 0.4) is 0 Å². The molecule has 0 rings (SSSR count). The highest BCUT2D eigenvalue weighted by atomic mass is 32.1. The van der Waals surface area contributed by atoms with Gasteiger partial charge in [-0.1, -0.05) is 0 Å². The Balaban J connectivity index is 4.14. The summed E-state index contributed by atoms with van der Waals surface area (Å²) in [6.45, 7) is 0.867. The van der Waals surface area contributed by atoms with E-state index in [1.807, 2.05) is 0 Å². The van der Waals surface area contributed by atoms with Crippen molar-refractivity contribution in [2.45, 2.75) is 0 Å².